The monoisotopic (exact) mass is 666 g/mol. The normalized spacial score (nSPS) is 15.9. The number of hydrogen-bond donors (Lipinski definition) is 9. The molecule has 1 aromatic heterocycles. The van der Waals surface area contributed by atoms with E-state index in [1.165, 1.54) is 26.4 Å². The van der Waals surface area contributed by atoms with E-state index in [2.05, 4.69) is 36.6 Å². The molecule has 10 N–H and O–H groups in total. The number of nitrogens with two attached hydrogens (primary N) is 1. The molecule has 16 nitrogen and oxygen atoms in total. The summed E-state index contributed by atoms with van der Waals surface area (Å²) in [5, 5.41) is 32.0. The van der Waals surface area contributed by atoms with Gasteiger partial charge in [-0.05, 0) is 50.9 Å². The lowest BCUT2D eigenvalue weighted by Gasteiger charge is -2.28. The van der Waals surface area contributed by atoms with Crippen LogP contribution >= 0.6 is 0 Å². The highest BCUT2D eigenvalue weighted by molar-refractivity contribution is 5.96. The van der Waals surface area contributed by atoms with Crippen molar-refractivity contribution >= 4 is 35.5 Å². The third kappa shape index (κ3) is 14.9. The van der Waals surface area contributed by atoms with E-state index in [1.54, 1.807) is 0 Å². The summed E-state index contributed by atoms with van der Waals surface area (Å²) in [6.07, 6.45) is 2.22. The van der Waals surface area contributed by atoms with E-state index < -0.39 is 77.9 Å². The van der Waals surface area contributed by atoms with Gasteiger partial charge < -0.3 is 47.5 Å². The molecular formula is C31H54N8O8. The molecule has 7 atom stereocenters. The Bertz CT molecular complexity index is 1190. The number of amides is 5. The maximum absolute atomic E-state index is 13.6. The molecule has 1 rings (SSSR count). The molecule has 0 aliphatic carbocycles. The van der Waals surface area contributed by atoms with Crippen molar-refractivity contribution in [1.29, 1.82) is 0 Å². The Morgan fingerprint density at radius 3 is 1.60 bits per heavy atom. The van der Waals surface area contributed by atoms with Gasteiger partial charge in [-0.3, -0.25) is 24.0 Å². The van der Waals surface area contributed by atoms with Crippen LogP contribution in [-0.2, 0) is 35.2 Å². The van der Waals surface area contributed by atoms with Crippen LogP contribution in [0.4, 0.5) is 0 Å². The Balaban J connectivity index is 3.19. The fraction of sp³-hybridized carbons (Fsp3) is 0.710. The molecule has 0 unspecified atom stereocenters. The van der Waals surface area contributed by atoms with Gasteiger partial charge in [0.15, 0.2) is 6.04 Å². The van der Waals surface area contributed by atoms with Crippen molar-refractivity contribution in [2.24, 2.45) is 23.5 Å². The molecule has 16 heteroatoms. The topological polar surface area (TPSA) is 258 Å². The second-order valence-corrected chi connectivity index (χ2v) is 13.3. The summed E-state index contributed by atoms with van der Waals surface area (Å²) in [6.45, 7) is 13.8. The fourth-order valence-corrected chi connectivity index (χ4v) is 4.72. The van der Waals surface area contributed by atoms with Crippen molar-refractivity contribution in [1.82, 2.24) is 36.6 Å². The number of aromatic nitrogens is 2. The predicted molar refractivity (Wildman–Crippen MR) is 173 cm³/mol. The zero-order valence-corrected chi connectivity index (χ0v) is 28.6. The molecule has 0 bridgehead atoms. The number of nitrogens with one attached hydrogen (secondary N) is 6. The number of nitrogens with zero attached hydrogens (tertiary/aromatic N) is 1. The Kier molecular flexibility index (Phi) is 17.1. The molecule has 1 aromatic rings. The zero-order valence-electron chi connectivity index (χ0n) is 28.6. The Labute approximate surface area is 276 Å². The summed E-state index contributed by atoms with van der Waals surface area (Å²) in [5.74, 6) is -4.80. The number of carbonyl (C=O) groups excluding carboxylic acids is 5. The molecule has 47 heavy (non-hydrogen) atoms. The van der Waals surface area contributed by atoms with Crippen molar-refractivity contribution in [2.45, 2.75) is 123 Å². The van der Waals surface area contributed by atoms with Crippen LogP contribution in [0.15, 0.2) is 12.5 Å². The predicted octanol–water partition coefficient (Wildman–Crippen LogP) is -0.673. The lowest BCUT2D eigenvalue weighted by molar-refractivity contribution is -0.145. The molecule has 0 radical (unpaired) electrons. The smallest absolute Gasteiger partial charge is 0.328 e. The number of H-pyrrole nitrogens is 1. The van der Waals surface area contributed by atoms with Gasteiger partial charge in [-0.1, -0.05) is 41.5 Å². The number of carbonyl (C=O) groups is 6. The summed E-state index contributed by atoms with van der Waals surface area (Å²) in [7, 11) is 0. The van der Waals surface area contributed by atoms with Gasteiger partial charge >= 0.3 is 5.97 Å². The summed E-state index contributed by atoms with van der Waals surface area (Å²) >= 11 is 0. The van der Waals surface area contributed by atoms with Crippen LogP contribution in [0.5, 0.6) is 0 Å². The van der Waals surface area contributed by atoms with Crippen molar-refractivity contribution in [3.8, 4) is 0 Å². The number of hydrogen-bond acceptors (Lipinski definition) is 9. The minimum absolute atomic E-state index is 0.0184. The maximum Gasteiger partial charge on any atom is 0.328 e. The summed E-state index contributed by atoms with van der Waals surface area (Å²) in [4.78, 5) is 84.2. The molecule has 5 amide bonds. The lowest BCUT2D eigenvalue weighted by Crippen LogP contribution is -2.60. The highest BCUT2D eigenvalue weighted by atomic mass is 16.4. The Hall–Kier alpha value is -4.05. The first-order valence-corrected chi connectivity index (χ1v) is 16.0. The molecule has 0 aliphatic rings. The van der Waals surface area contributed by atoms with Crippen LogP contribution in [0.3, 0.4) is 0 Å². The summed E-state index contributed by atoms with van der Waals surface area (Å²) in [5.41, 5.74) is 6.46. The van der Waals surface area contributed by atoms with E-state index in [9.17, 15) is 39.0 Å². The van der Waals surface area contributed by atoms with Crippen LogP contribution in [0.25, 0.3) is 0 Å². The number of carboxylic acids is 1. The molecule has 0 fully saturated rings. The number of aliphatic carboxylic acids is 1. The van der Waals surface area contributed by atoms with Gasteiger partial charge in [-0.15, -0.1) is 0 Å². The van der Waals surface area contributed by atoms with Crippen molar-refractivity contribution in [2.75, 3.05) is 0 Å². The molecule has 266 valence electrons. The minimum atomic E-state index is -1.59. The molecule has 0 aliphatic heterocycles. The van der Waals surface area contributed by atoms with Crippen LogP contribution in [-0.4, -0.2) is 98.0 Å². The van der Waals surface area contributed by atoms with Crippen LogP contribution in [0.2, 0.25) is 0 Å². The summed E-state index contributed by atoms with van der Waals surface area (Å²) < 4.78 is 0. The van der Waals surface area contributed by atoms with E-state index in [-0.39, 0.29) is 37.0 Å². The van der Waals surface area contributed by atoms with Crippen molar-refractivity contribution in [3.05, 3.63) is 18.2 Å². The maximum atomic E-state index is 13.6. The first kappa shape index (κ1) is 41.0. The minimum Gasteiger partial charge on any atom is -0.480 e. The molecule has 0 saturated heterocycles. The van der Waals surface area contributed by atoms with E-state index >= 15 is 0 Å². The SMILES string of the molecule is CC(C)C[C@H](NC(=O)[C@H](Cc1cnc[nH]1)NC(=O)[C@H](C)NC(=O)[C@@H](N)CC(C)C)C(=O)N[C@@H](CC(C)C)C(=O)N[C@H](C(=O)O)[C@@H](C)O. The average Bonchev–Trinajstić information content (AvgIpc) is 3.46. The summed E-state index contributed by atoms with van der Waals surface area (Å²) in [6, 6.07) is -6.92. The number of imidazole rings is 1. The van der Waals surface area contributed by atoms with Crippen LogP contribution in [0.1, 0.15) is 80.3 Å². The molecule has 0 spiro atoms. The Morgan fingerprint density at radius 2 is 1.17 bits per heavy atom. The van der Waals surface area contributed by atoms with Gasteiger partial charge in [-0.2, -0.15) is 0 Å². The highest BCUT2D eigenvalue weighted by Gasteiger charge is 2.34. The van der Waals surface area contributed by atoms with Crippen molar-refractivity contribution < 1.29 is 39.0 Å². The van der Waals surface area contributed by atoms with Gasteiger partial charge in [0.05, 0.1) is 18.5 Å². The van der Waals surface area contributed by atoms with E-state index in [0.717, 1.165) is 0 Å². The molecular weight excluding hydrogens is 612 g/mol. The fourth-order valence-electron chi connectivity index (χ4n) is 4.72. The average molecular weight is 667 g/mol. The first-order valence-electron chi connectivity index (χ1n) is 16.0. The second-order valence-electron chi connectivity index (χ2n) is 13.3. The molecule has 1 heterocycles. The standard InChI is InChI=1S/C31H54N8O8/c1-15(2)9-21(32)27(42)35-18(7)26(41)36-24(12-20-13-33-14-34-20)29(44)37-22(10-16(3)4)28(43)38-23(11-17(5)6)30(45)39-25(19(8)40)31(46)47/h13-19,21-25,40H,9-12,32H2,1-8H3,(H,33,34)(H,35,42)(H,36,41)(H,37,44)(H,38,43)(H,39,45)(H,46,47)/t18-,19+,21-,22-,23-,24-,25-/m0/s1. The third-order valence-electron chi connectivity index (χ3n) is 7.15. The lowest BCUT2D eigenvalue weighted by atomic mass is 9.99. The van der Waals surface area contributed by atoms with Crippen LogP contribution in [0, 0.1) is 17.8 Å². The van der Waals surface area contributed by atoms with Gasteiger partial charge in [-0.25, -0.2) is 9.78 Å². The van der Waals surface area contributed by atoms with Gasteiger partial charge in [0.1, 0.15) is 24.2 Å². The van der Waals surface area contributed by atoms with Gasteiger partial charge in [0, 0.05) is 18.3 Å². The second kappa shape index (κ2) is 19.6. The van der Waals surface area contributed by atoms with E-state index in [4.69, 9.17) is 5.73 Å². The quantitative estimate of drug-likeness (QED) is 0.0848. The Morgan fingerprint density at radius 1 is 0.702 bits per heavy atom. The third-order valence-corrected chi connectivity index (χ3v) is 7.15. The highest BCUT2D eigenvalue weighted by Crippen LogP contribution is 2.11. The number of aliphatic hydroxyl groups is 1. The number of carboxylic acid groups (broad SMARTS) is 1. The zero-order chi connectivity index (χ0) is 36.0. The number of rotatable bonds is 20. The molecule has 0 saturated carbocycles. The van der Waals surface area contributed by atoms with E-state index in [1.807, 2.05) is 41.5 Å². The largest absolute Gasteiger partial charge is 0.480 e. The van der Waals surface area contributed by atoms with Gasteiger partial charge in [0.25, 0.3) is 0 Å². The molecule has 0 aromatic carbocycles. The van der Waals surface area contributed by atoms with Crippen molar-refractivity contribution in [3.63, 3.8) is 0 Å². The van der Waals surface area contributed by atoms with Gasteiger partial charge in [0.2, 0.25) is 29.5 Å². The number of aromatic amines is 1. The van der Waals surface area contributed by atoms with Crippen LogP contribution < -0.4 is 32.3 Å². The van der Waals surface area contributed by atoms with E-state index in [0.29, 0.717) is 12.1 Å². The first-order chi connectivity index (χ1) is 21.8. The number of aliphatic hydroxyl groups excluding tert-OH is 1.